The SMILES string of the molecule is CCN(CC)C(=O)C1CCCN(c2cncc(C#N)n2)C1. The molecule has 1 saturated heterocycles. The lowest BCUT2D eigenvalue weighted by molar-refractivity contribution is -0.135. The number of hydrogen-bond donors (Lipinski definition) is 0. The van der Waals surface area contributed by atoms with Crippen molar-refractivity contribution in [1.82, 2.24) is 14.9 Å². The highest BCUT2D eigenvalue weighted by atomic mass is 16.2. The van der Waals surface area contributed by atoms with E-state index in [9.17, 15) is 4.79 Å². The molecular formula is C15H21N5O. The highest BCUT2D eigenvalue weighted by molar-refractivity contribution is 5.79. The quantitative estimate of drug-likeness (QED) is 0.837. The van der Waals surface area contributed by atoms with Gasteiger partial charge in [0, 0.05) is 26.2 Å². The van der Waals surface area contributed by atoms with Crippen LogP contribution in [0.1, 0.15) is 32.4 Å². The zero-order valence-electron chi connectivity index (χ0n) is 12.6. The Labute approximate surface area is 125 Å². The average Bonchev–Trinajstić information content (AvgIpc) is 2.56. The summed E-state index contributed by atoms with van der Waals surface area (Å²) < 4.78 is 0. The molecule has 0 spiro atoms. The summed E-state index contributed by atoms with van der Waals surface area (Å²) in [5.74, 6) is 0.909. The molecule has 0 saturated carbocycles. The Hall–Kier alpha value is -2.16. The maximum Gasteiger partial charge on any atom is 0.227 e. The number of carbonyl (C=O) groups is 1. The van der Waals surface area contributed by atoms with Crippen molar-refractivity contribution in [2.45, 2.75) is 26.7 Å². The predicted octanol–water partition coefficient (Wildman–Crippen LogP) is 1.43. The molecule has 6 heteroatoms. The van der Waals surface area contributed by atoms with Gasteiger partial charge in [-0.25, -0.2) is 4.98 Å². The van der Waals surface area contributed by atoms with Gasteiger partial charge in [0.05, 0.1) is 18.3 Å². The van der Waals surface area contributed by atoms with E-state index in [0.29, 0.717) is 18.1 Å². The first-order valence-corrected chi connectivity index (χ1v) is 7.45. The number of nitrogens with zero attached hydrogens (tertiary/aromatic N) is 5. The van der Waals surface area contributed by atoms with Gasteiger partial charge in [-0.2, -0.15) is 5.26 Å². The Morgan fingerprint density at radius 3 is 2.90 bits per heavy atom. The van der Waals surface area contributed by atoms with E-state index in [-0.39, 0.29) is 11.8 Å². The summed E-state index contributed by atoms with van der Waals surface area (Å²) in [6, 6.07) is 2.00. The first kappa shape index (κ1) is 15.2. The first-order chi connectivity index (χ1) is 10.2. The maximum atomic E-state index is 12.5. The Kier molecular flexibility index (Phi) is 5.09. The molecule has 1 aliphatic heterocycles. The normalized spacial score (nSPS) is 18.1. The van der Waals surface area contributed by atoms with Gasteiger partial charge < -0.3 is 9.80 Å². The van der Waals surface area contributed by atoms with Crippen molar-refractivity contribution in [2.24, 2.45) is 5.92 Å². The van der Waals surface area contributed by atoms with Gasteiger partial charge >= 0.3 is 0 Å². The third-order valence-electron chi connectivity index (χ3n) is 3.91. The molecule has 1 aromatic rings. The van der Waals surface area contributed by atoms with E-state index in [4.69, 9.17) is 5.26 Å². The molecule has 1 fully saturated rings. The lowest BCUT2D eigenvalue weighted by atomic mass is 9.96. The molecule has 1 aromatic heterocycles. The molecule has 112 valence electrons. The van der Waals surface area contributed by atoms with Crippen LogP contribution in [0.15, 0.2) is 12.4 Å². The van der Waals surface area contributed by atoms with Crippen LogP contribution in [-0.2, 0) is 4.79 Å². The summed E-state index contributed by atoms with van der Waals surface area (Å²) in [6.45, 7) is 7.00. The van der Waals surface area contributed by atoms with Crippen LogP contribution in [0, 0.1) is 17.2 Å². The van der Waals surface area contributed by atoms with Crippen LogP contribution in [-0.4, -0.2) is 47.0 Å². The van der Waals surface area contributed by atoms with Gasteiger partial charge in [0.2, 0.25) is 5.91 Å². The third-order valence-corrected chi connectivity index (χ3v) is 3.91. The van der Waals surface area contributed by atoms with Crippen LogP contribution >= 0.6 is 0 Å². The minimum Gasteiger partial charge on any atom is -0.355 e. The van der Waals surface area contributed by atoms with Crippen molar-refractivity contribution in [3.63, 3.8) is 0 Å². The summed E-state index contributed by atoms with van der Waals surface area (Å²) >= 11 is 0. The molecule has 0 radical (unpaired) electrons. The largest absolute Gasteiger partial charge is 0.355 e. The maximum absolute atomic E-state index is 12.5. The molecule has 0 bridgehead atoms. The molecule has 6 nitrogen and oxygen atoms in total. The molecule has 21 heavy (non-hydrogen) atoms. The Morgan fingerprint density at radius 2 is 2.24 bits per heavy atom. The number of nitriles is 1. The van der Waals surface area contributed by atoms with Crippen LogP contribution in [0.3, 0.4) is 0 Å². The molecule has 2 rings (SSSR count). The fourth-order valence-corrected chi connectivity index (χ4v) is 2.74. The van der Waals surface area contributed by atoms with E-state index in [0.717, 1.165) is 32.5 Å². The van der Waals surface area contributed by atoms with E-state index in [1.807, 2.05) is 24.8 Å². The zero-order valence-corrected chi connectivity index (χ0v) is 12.6. The van der Waals surface area contributed by atoms with Gasteiger partial charge in [0.1, 0.15) is 11.9 Å². The minimum atomic E-state index is 0.00573. The van der Waals surface area contributed by atoms with Crippen molar-refractivity contribution in [2.75, 3.05) is 31.1 Å². The second-order valence-electron chi connectivity index (χ2n) is 5.17. The number of carbonyl (C=O) groups excluding carboxylic acids is 1. The van der Waals surface area contributed by atoms with Crippen molar-refractivity contribution in [3.8, 4) is 6.07 Å². The van der Waals surface area contributed by atoms with Crippen LogP contribution in [0.25, 0.3) is 0 Å². The van der Waals surface area contributed by atoms with E-state index < -0.39 is 0 Å². The molecule has 0 N–H and O–H groups in total. The fraction of sp³-hybridized carbons (Fsp3) is 0.600. The van der Waals surface area contributed by atoms with Gasteiger partial charge in [0.15, 0.2) is 5.69 Å². The van der Waals surface area contributed by atoms with E-state index in [2.05, 4.69) is 14.9 Å². The molecule has 1 atom stereocenters. The second kappa shape index (κ2) is 7.02. The Bertz CT molecular complexity index is 535. The van der Waals surface area contributed by atoms with Gasteiger partial charge in [-0.15, -0.1) is 0 Å². The van der Waals surface area contributed by atoms with E-state index >= 15 is 0 Å². The summed E-state index contributed by atoms with van der Waals surface area (Å²) in [4.78, 5) is 24.7. The Morgan fingerprint density at radius 1 is 1.48 bits per heavy atom. The number of anilines is 1. The average molecular weight is 287 g/mol. The molecule has 1 amide bonds. The first-order valence-electron chi connectivity index (χ1n) is 7.45. The van der Waals surface area contributed by atoms with Crippen molar-refractivity contribution in [3.05, 3.63) is 18.1 Å². The number of amides is 1. The molecule has 1 aliphatic rings. The van der Waals surface area contributed by atoms with E-state index in [1.165, 1.54) is 6.20 Å². The van der Waals surface area contributed by atoms with E-state index in [1.54, 1.807) is 6.20 Å². The summed E-state index contributed by atoms with van der Waals surface area (Å²) in [5, 5.41) is 8.91. The van der Waals surface area contributed by atoms with Crippen molar-refractivity contribution >= 4 is 11.7 Å². The topological polar surface area (TPSA) is 73.1 Å². The number of hydrogen-bond acceptors (Lipinski definition) is 5. The van der Waals surface area contributed by atoms with Gasteiger partial charge in [-0.05, 0) is 26.7 Å². The van der Waals surface area contributed by atoms with Crippen molar-refractivity contribution < 1.29 is 4.79 Å². The smallest absolute Gasteiger partial charge is 0.227 e. The van der Waals surface area contributed by atoms with Crippen LogP contribution in [0.5, 0.6) is 0 Å². The van der Waals surface area contributed by atoms with Crippen LogP contribution < -0.4 is 4.90 Å². The zero-order chi connectivity index (χ0) is 15.2. The second-order valence-corrected chi connectivity index (χ2v) is 5.17. The molecule has 0 aliphatic carbocycles. The third kappa shape index (κ3) is 3.48. The summed E-state index contributed by atoms with van der Waals surface area (Å²) in [7, 11) is 0. The van der Waals surface area contributed by atoms with Crippen LogP contribution in [0.2, 0.25) is 0 Å². The standard InChI is InChI=1S/C15H21N5O/c1-3-19(4-2)15(21)12-6-5-7-20(11-12)14-10-17-9-13(8-16)18-14/h9-10,12H,3-7,11H2,1-2H3. The lowest BCUT2D eigenvalue weighted by Gasteiger charge is -2.35. The number of piperidine rings is 1. The minimum absolute atomic E-state index is 0.00573. The van der Waals surface area contributed by atoms with Gasteiger partial charge in [-0.3, -0.25) is 9.78 Å². The summed E-state index contributed by atoms with van der Waals surface area (Å²) in [5.41, 5.74) is 0.310. The number of rotatable bonds is 4. The molecular weight excluding hydrogens is 266 g/mol. The van der Waals surface area contributed by atoms with Gasteiger partial charge in [-0.1, -0.05) is 0 Å². The lowest BCUT2D eigenvalue weighted by Crippen LogP contribution is -2.45. The van der Waals surface area contributed by atoms with Gasteiger partial charge in [0.25, 0.3) is 0 Å². The van der Waals surface area contributed by atoms with Crippen LogP contribution in [0.4, 0.5) is 5.82 Å². The highest BCUT2D eigenvalue weighted by Gasteiger charge is 2.29. The molecule has 2 heterocycles. The molecule has 0 aromatic carbocycles. The monoisotopic (exact) mass is 287 g/mol. The number of aromatic nitrogens is 2. The Balaban J connectivity index is 2.10. The highest BCUT2D eigenvalue weighted by Crippen LogP contribution is 2.22. The van der Waals surface area contributed by atoms with Crippen molar-refractivity contribution in [1.29, 1.82) is 5.26 Å². The predicted molar refractivity (Wildman–Crippen MR) is 79.6 cm³/mol. The summed E-state index contributed by atoms with van der Waals surface area (Å²) in [6.07, 6.45) is 4.98. The molecule has 1 unspecified atom stereocenters. The fourth-order valence-electron chi connectivity index (χ4n) is 2.74.